The predicted octanol–water partition coefficient (Wildman–Crippen LogP) is 1.19. The highest BCUT2D eigenvalue weighted by molar-refractivity contribution is 6.33. The van der Waals surface area contributed by atoms with E-state index < -0.39 is 17.7 Å². The van der Waals surface area contributed by atoms with Gasteiger partial charge in [-0.2, -0.15) is 0 Å². The number of amides is 1. The molecule has 0 radical (unpaired) electrons. The number of piperidine rings is 1. The highest BCUT2D eigenvalue weighted by Crippen LogP contribution is 2.20. The molecule has 0 bridgehead atoms. The number of hydrogen-bond donors (Lipinski definition) is 1. The number of carboxylic acid groups (broad SMARTS) is 1. The van der Waals surface area contributed by atoms with Crippen LogP contribution in [0.4, 0.5) is 0 Å². The zero-order valence-electron chi connectivity index (χ0n) is 10.4. The third kappa shape index (κ3) is 2.99. The van der Waals surface area contributed by atoms with Gasteiger partial charge in [-0.05, 0) is 25.0 Å². The molecule has 1 aromatic rings. The molecule has 1 amide bonds. The van der Waals surface area contributed by atoms with Gasteiger partial charge in [0, 0.05) is 24.6 Å². The van der Waals surface area contributed by atoms with E-state index >= 15 is 0 Å². The van der Waals surface area contributed by atoms with Gasteiger partial charge < -0.3 is 10.0 Å². The second kappa shape index (κ2) is 5.65. The molecule has 5 nitrogen and oxygen atoms in total. The molecule has 2 rings (SSSR count). The molecule has 0 atom stereocenters. The second-order valence-corrected chi connectivity index (χ2v) is 4.60. The molecule has 0 aromatic heterocycles. The Bertz CT molecular complexity index is 489. The van der Waals surface area contributed by atoms with Crippen LogP contribution in [0.5, 0.6) is 0 Å². The fraction of sp³-hybridized carbons (Fsp3) is 0.357. The summed E-state index contributed by atoms with van der Waals surface area (Å²) < 4.78 is 0. The van der Waals surface area contributed by atoms with Crippen molar-refractivity contribution < 1.29 is 19.5 Å². The largest absolute Gasteiger partial charge is 0.475 e. The van der Waals surface area contributed by atoms with Crippen molar-refractivity contribution in [2.24, 2.45) is 5.92 Å². The lowest BCUT2D eigenvalue weighted by Gasteiger charge is -2.30. The number of benzene rings is 1. The Kier molecular flexibility index (Phi) is 3.94. The maximum absolute atomic E-state index is 12.1. The summed E-state index contributed by atoms with van der Waals surface area (Å²) in [6.45, 7) is 0.856. The van der Waals surface area contributed by atoms with Gasteiger partial charge in [-0.15, -0.1) is 0 Å². The fourth-order valence-corrected chi connectivity index (χ4v) is 2.28. The van der Waals surface area contributed by atoms with E-state index in [9.17, 15) is 14.4 Å². The number of carboxylic acids is 1. The average molecular weight is 261 g/mol. The van der Waals surface area contributed by atoms with E-state index in [4.69, 9.17) is 5.11 Å². The van der Waals surface area contributed by atoms with Gasteiger partial charge in [0.05, 0.1) is 0 Å². The minimum absolute atomic E-state index is 0.0678. The summed E-state index contributed by atoms with van der Waals surface area (Å²) in [7, 11) is 0. The second-order valence-electron chi connectivity index (χ2n) is 4.60. The summed E-state index contributed by atoms with van der Waals surface area (Å²) in [5.74, 6) is -2.65. The Morgan fingerprint density at radius 2 is 1.63 bits per heavy atom. The number of nitrogens with zero attached hydrogens (tertiary/aromatic N) is 1. The van der Waals surface area contributed by atoms with Crippen LogP contribution in [0, 0.1) is 5.92 Å². The Balaban J connectivity index is 1.95. The molecule has 1 aliphatic heterocycles. The molecule has 5 heteroatoms. The van der Waals surface area contributed by atoms with Crippen molar-refractivity contribution >= 4 is 17.7 Å². The van der Waals surface area contributed by atoms with Crippen LogP contribution in [-0.4, -0.2) is 40.8 Å². The summed E-state index contributed by atoms with van der Waals surface area (Å²) in [5, 5.41) is 8.66. The van der Waals surface area contributed by atoms with Gasteiger partial charge >= 0.3 is 5.97 Å². The standard InChI is InChI=1S/C14H15NO4/c16-12(14(18)19)10-6-8-15(9-7-10)13(17)11-4-2-1-3-5-11/h1-5,10H,6-9H2,(H,18,19). The lowest BCUT2D eigenvalue weighted by molar-refractivity contribution is -0.151. The smallest absolute Gasteiger partial charge is 0.372 e. The summed E-state index contributed by atoms with van der Waals surface area (Å²) in [4.78, 5) is 35.7. The Morgan fingerprint density at radius 1 is 1.05 bits per heavy atom. The molecule has 1 aromatic carbocycles. The number of carbonyl (C=O) groups is 3. The molecule has 1 aliphatic rings. The van der Waals surface area contributed by atoms with Gasteiger partial charge in [0.1, 0.15) is 0 Å². The van der Waals surface area contributed by atoms with E-state index in [0.717, 1.165) is 0 Å². The van der Waals surface area contributed by atoms with Crippen LogP contribution in [0.1, 0.15) is 23.2 Å². The minimum atomic E-state index is -1.38. The van der Waals surface area contributed by atoms with Crippen molar-refractivity contribution in [3.05, 3.63) is 35.9 Å². The monoisotopic (exact) mass is 261 g/mol. The van der Waals surface area contributed by atoms with E-state index in [1.54, 1.807) is 29.2 Å². The fourth-order valence-electron chi connectivity index (χ4n) is 2.28. The summed E-state index contributed by atoms with van der Waals surface area (Å²) in [6.07, 6.45) is 0.841. The first kappa shape index (κ1) is 13.3. The van der Waals surface area contributed by atoms with Crippen molar-refractivity contribution in [1.82, 2.24) is 4.90 Å². The lowest BCUT2D eigenvalue weighted by atomic mass is 9.92. The molecule has 100 valence electrons. The first-order valence-electron chi connectivity index (χ1n) is 6.21. The van der Waals surface area contributed by atoms with Crippen LogP contribution in [0.15, 0.2) is 30.3 Å². The average Bonchev–Trinajstić information content (AvgIpc) is 2.46. The maximum atomic E-state index is 12.1. The lowest BCUT2D eigenvalue weighted by Crippen LogP contribution is -2.41. The predicted molar refractivity (Wildman–Crippen MR) is 67.7 cm³/mol. The van der Waals surface area contributed by atoms with Crippen LogP contribution < -0.4 is 0 Å². The van der Waals surface area contributed by atoms with E-state index in [1.807, 2.05) is 6.07 Å². The van der Waals surface area contributed by atoms with Crippen molar-refractivity contribution in [3.63, 3.8) is 0 Å². The number of Topliss-reactive ketones (excluding diaryl/α,β-unsaturated/α-hetero) is 1. The van der Waals surface area contributed by atoms with Crippen molar-refractivity contribution in [3.8, 4) is 0 Å². The van der Waals surface area contributed by atoms with Gasteiger partial charge in [-0.25, -0.2) is 4.79 Å². The van der Waals surface area contributed by atoms with E-state index in [1.165, 1.54) is 0 Å². The molecule has 1 N–H and O–H groups in total. The van der Waals surface area contributed by atoms with Crippen LogP contribution in [-0.2, 0) is 9.59 Å². The molecule has 0 aliphatic carbocycles. The summed E-state index contributed by atoms with van der Waals surface area (Å²) in [6, 6.07) is 8.93. The highest BCUT2D eigenvalue weighted by Gasteiger charge is 2.30. The van der Waals surface area contributed by atoms with Gasteiger partial charge in [0.15, 0.2) is 0 Å². The number of carbonyl (C=O) groups excluding carboxylic acids is 2. The van der Waals surface area contributed by atoms with Crippen LogP contribution in [0.2, 0.25) is 0 Å². The Morgan fingerprint density at radius 3 is 2.16 bits per heavy atom. The van der Waals surface area contributed by atoms with Gasteiger partial charge in [-0.1, -0.05) is 18.2 Å². The van der Waals surface area contributed by atoms with E-state index in [-0.39, 0.29) is 5.91 Å². The number of rotatable bonds is 3. The highest BCUT2D eigenvalue weighted by atomic mass is 16.4. The molecular formula is C14H15NO4. The molecular weight excluding hydrogens is 246 g/mol. The molecule has 1 saturated heterocycles. The third-order valence-corrected chi connectivity index (χ3v) is 3.38. The number of likely N-dealkylation sites (tertiary alicyclic amines) is 1. The zero-order valence-corrected chi connectivity index (χ0v) is 10.4. The maximum Gasteiger partial charge on any atom is 0.372 e. The van der Waals surface area contributed by atoms with Gasteiger partial charge in [0.2, 0.25) is 5.78 Å². The number of hydrogen-bond acceptors (Lipinski definition) is 3. The quantitative estimate of drug-likeness (QED) is 0.829. The molecule has 0 spiro atoms. The molecule has 1 heterocycles. The third-order valence-electron chi connectivity index (χ3n) is 3.38. The van der Waals surface area contributed by atoms with Crippen molar-refractivity contribution in [2.45, 2.75) is 12.8 Å². The zero-order chi connectivity index (χ0) is 13.8. The normalized spacial score (nSPS) is 16.1. The minimum Gasteiger partial charge on any atom is -0.475 e. The molecule has 19 heavy (non-hydrogen) atoms. The van der Waals surface area contributed by atoms with Crippen molar-refractivity contribution in [2.75, 3.05) is 13.1 Å². The first-order valence-corrected chi connectivity index (χ1v) is 6.21. The number of ketones is 1. The van der Waals surface area contributed by atoms with E-state index in [0.29, 0.717) is 31.5 Å². The van der Waals surface area contributed by atoms with Crippen LogP contribution in [0.3, 0.4) is 0 Å². The SMILES string of the molecule is O=C(O)C(=O)C1CCN(C(=O)c2ccccc2)CC1. The Labute approximate surface area is 110 Å². The molecule has 1 fully saturated rings. The van der Waals surface area contributed by atoms with Gasteiger partial charge in [0.25, 0.3) is 5.91 Å². The van der Waals surface area contributed by atoms with Crippen molar-refractivity contribution in [1.29, 1.82) is 0 Å². The topological polar surface area (TPSA) is 74.7 Å². The summed E-state index contributed by atoms with van der Waals surface area (Å²) >= 11 is 0. The molecule has 0 unspecified atom stereocenters. The Hall–Kier alpha value is -2.17. The van der Waals surface area contributed by atoms with Crippen LogP contribution in [0.25, 0.3) is 0 Å². The first-order chi connectivity index (χ1) is 9.09. The van der Waals surface area contributed by atoms with E-state index in [2.05, 4.69) is 0 Å². The molecule has 0 saturated carbocycles. The summed E-state index contributed by atoms with van der Waals surface area (Å²) in [5.41, 5.74) is 0.616. The van der Waals surface area contributed by atoms with Crippen LogP contribution >= 0.6 is 0 Å². The van der Waals surface area contributed by atoms with Gasteiger partial charge in [-0.3, -0.25) is 9.59 Å². The number of aliphatic carboxylic acids is 1.